The molecule has 5 heteroatoms. The molecule has 1 N–H and O–H groups in total. The van der Waals surface area contributed by atoms with E-state index in [9.17, 15) is 9.46 Å². The molecule has 0 amide bonds. The van der Waals surface area contributed by atoms with Crippen LogP contribution in [0.5, 0.6) is 0 Å². The maximum absolute atomic E-state index is 11.8. The Hall–Kier alpha value is -0.280. The van der Waals surface area contributed by atoms with Crippen LogP contribution in [-0.2, 0) is 9.09 Å². The third-order valence-electron chi connectivity index (χ3n) is 1.67. The lowest BCUT2D eigenvalue weighted by Crippen LogP contribution is -2.19. The highest BCUT2D eigenvalue weighted by Gasteiger charge is 2.34. The third-order valence-corrected chi connectivity index (χ3v) is 4.11. The van der Waals surface area contributed by atoms with E-state index in [1.54, 1.807) is 38.2 Å². The molecule has 0 saturated heterocycles. The average molecular weight is 232 g/mol. The fourth-order valence-corrected chi connectivity index (χ4v) is 3.17. The zero-order chi connectivity index (χ0) is 10.8. The van der Waals surface area contributed by atoms with Crippen molar-refractivity contribution in [1.29, 1.82) is 0 Å². The molecule has 3 nitrogen and oxygen atoms in total. The Morgan fingerprint density at radius 3 is 2.71 bits per heavy atom. The first-order valence-electron chi connectivity index (χ1n) is 4.33. The van der Waals surface area contributed by atoms with E-state index >= 15 is 0 Å². The molecule has 0 saturated carbocycles. The molecule has 1 rings (SSSR count). The van der Waals surface area contributed by atoms with Gasteiger partial charge in [-0.3, -0.25) is 4.57 Å². The van der Waals surface area contributed by atoms with Crippen LogP contribution in [0.3, 0.4) is 0 Å². The van der Waals surface area contributed by atoms with Gasteiger partial charge in [0.05, 0.1) is 6.10 Å². The van der Waals surface area contributed by atoms with Crippen LogP contribution in [0.15, 0.2) is 24.3 Å². The summed E-state index contributed by atoms with van der Waals surface area (Å²) in [7, 11) is -3.66. The van der Waals surface area contributed by atoms with Gasteiger partial charge in [-0.15, -0.1) is 0 Å². The summed E-state index contributed by atoms with van der Waals surface area (Å²) in [5.74, 6) is 0. The first-order chi connectivity index (χ1) is 6.43. The van der Waals surface area contributed by atoms with E-state index in [0.29, 0.717) is 4.86 Å². The predicted octanol–water partition coefficient (Wildman–Crippen LogP) is 2.46. The lowest BCUT2D eigenvalue weighted by atomic mass is 10.2. The fourth-order valence-electron chi connectivity index (χ4n) is 1.15. The molecule has 0 aromatic carbocycles. The minimum atomic E-state index is -3.66. The van der Waals surface area contributed by atoms with Gasteiger partial charge in [0.2, 0.25) is 0 Å². The van der Waals surface area contributed by atoms with Crippen LogP contribution in [0.4, 0.5) is 0 Å². The van der Waals surface area contributed by atoms with E-state index in [1.165, 1.54) is 0 Å². The summed E-state index contributed by atoms with van der Waals surface area (Å²) in [6.45, 7) is 3.43. The van der Waals surface area contributed by atoms with Crippen LogP contribution in [-0.4, -0.2) is 21.5 Å². The summed E-state index contributed by atoms with van der Waals surface area (Å²) in [5, 5.41) is 0. The largest absolute Gasteiger partial charge is 0.340 e. The quantitative estimate of drug-likeness (QED) is 0.599. The van der Waals surface area contributed by atoms with Crippen molar-refractivity contribution in [1.82, 2.24) is 0 Å². The molecule has 0 aliphatic heterocycles. The number of thiocarbonyl (C=S) groups is 1. The summed E-state index contributed by atoms with van der Waals surface area (Å²) in [4.78, 5) is 10.1. The van der Waals surface area contributed by atoms with Crippen LogP contribution in [0.2, 0.25) is 0 Å². The molecule has 2 unspecified atom stereocenters. The summed E-state index contributed by atoms with van der Waals surface area (Å²) in [6.07, 6.45) is 6.41. The summed E-state index contributed by atoms with van der Waals surface area (Å²) in [5.41, 5.74) is -0.676. The Morgan fingerprint density at radius 2 is 2.21 bits per heavy atom. The smallest absolute Gasteiger partial charge is 0.324 e. The molecule has 0 aromatic heterocycles. The van der Waals surface area contributed by atoms with E-state index in [2.05, 4.69) is 0 Å². The Balaban J connectivity index is 2.82. The van der Waals surface area contributed by atoms with Crippen molar-refractivity contribution in [3.8, 4) is 0 Å². The third kappa shape index (κ3) is 2.85. The molecule has 78 valence electrons. The molecule has 0 radical (unpaired) electrons. The normalized spacial score (nSPS) is 25.4. The first kappa shape index (κ1) is 11.8. The Bertz CT molecular complexity index is 333. The van der Waals surface area contributed by atoms with Gasteiger partial charge in [-0.25, -0.2) is 0 Å². The highest BCUT2D eigenvalue weighted by atomic mass is 32.1. The summed E-state index contributed by atoms with van der Waals surface area (Å²) >= 11 is 4.98. The molecule has 1 aliphatic rings. The van der Waals surface area contributed by atoms with E-state index < -0.39 is 13.3 Å². The van der Waals surface area contributed by atoms with Crippen molar-refractivity contribution >= 4 is 24.7 Å². The molecule has 14 heavy (non-hydrogen) atoms. The van der Waals surface area contributed by atoms with Crippen LogP contribution in [0, 0.1) is 0 Å². The highest BCUT2D eigenvalue weighted by molar-refractivity contribution is 7.82. The number of hydrogen-bond acceptors (Lipinski definition) is 3. The van der Waals surface area contributed by atoms with Crippen molar-refractivity contribution in [3.05, 3.63) is 24.3 Å². The molecule has 0 heterocycles. The molecule has 0 aromatic rings. The van der Waals surface area contributed by atoms with Crippen molar-refractivity contribution < 1.29 is 14.0 Å². The van der Waals surface area contributed by atoms with E-state index in [0.717, 1.165) is 0 Å². The van der Waals surface area contributed by atoms with Gasteiger partial charge < -0.3 is 9.42 Å². The van der Waals surface area contributed by atoms with Gasteiger partial charge in [-0.05, 0) is 19.9 Å². The van der Waals surface area contributed by atoms with Crippen LogP contribution in [0.1, 0.15) is 13.8 Å². The van der Waals surface area contributed by atoms with Gasteiger partial charge in [0.1, 0.15) is 5.66 Å². The molecule has 1 aliphatic carbocycles. The van der Waals surface area contributed by atoms with Gasteiger partial charge in [0.25, 0.3) is 0 Å². The first-order valence-corrected chi connectivity index (χ1v) is 6.38. The van der Waals surface area contributed by atoms with Crippen LogP contribution >= 0.6 is 19.8 Å². The Kier molecular flexibility index (Phi) is 3.78. The van der Waals surface area contributed by atoms with Gasteiger partial charge in [0.15, 0.2) is 0 Å². The molecular formula is C9H13O3PS. The van der Waals surface area contributed by atoms with E-state index in [1.807, 2.05) is 0 Å². The monoisotopic (exact) mass is 232 g/mol. The van der Waals surface area contributed by atoms with Crippen molar-refractivity contribution in [2.45, 2.75) is 25.6 Å². The topological polar surface area (TPSA) is 46.5 Å². The van der Waals surface area contributed by atoms with Gasteiger partial charge in [-0.1, -0.05) is 30.4 Å². The molecule has 0 fully saturated rings. The van der Waals surface area contributed by atoms with Gasteiger partial charge in [-0.2, -0.15) is 0 Å². The zero-order valence-electron chi connectivity index (χ0n) is 8.08. The predicted molar refractivity (Wildman–Crippen MR) is 60.7 cm³/mol. The fraction of sp³-hybridized carbons (Fsp3) is 0.444. The number of hydrogen-bond donors (Lipinski definition) is 1. The number of allylic oxidation sites excluding steroid dienone is 4. The van der Waals surface area contributed by atoms with E-state index in [-0.39, 0.29) is 6.10 Å². The van der Waals surface area contributed by atoms with Crippen molar-refractivity contribution in [3.63, 3.8) is 0 Å². The Labute approximate surface area is 89.0 Å². The molecular weight excluding hydrogens is 219 g/mol. The molecule has 2 atom stereocenters. The maximum Gasteiger partial charge on any atom is 0.340 e. The zero-order valence-corrected chi connectivity index (χ0v) is 9.79. The van der Waals surface area contributed by atoms with E-state index in [4.69, 9.17) is 16.7 Å². The van der Waals surface area contributed by atoms with Gasteiger partial charge >= 0.3 is 7.60 Å². The number of rotatable bonds is 3. The standard InChI is InChI=1S/C9H13O3PS/c1-7(2)12-13(10,11)8-5-3-4-6-9(8)14/h3-8H,1-2H3,(H,10,11). The second kappa shape index (κ2) is 4.49. The minimum Gasteiger partial charge on any atom is -0.324 e. The van der Waals surface area contributed by atoms with Crippen molar-refractivity contribution in [2.75, 3.05) is 0 Å². The second-order valence-electron chi connectivity index (χ2n) is 3.31. The average Bonchev–Trinajstić information content (AvgIpc) is 2.02. The Morgan fingerprint density at radius 1 is 1.57 bits per heavy atom. The highest BCUT2D eigenvalue weighted by Crippen LogP contribution is 2.50. The SMILES string of the molecule is CC(C)OP(=O)(O)C1C=CC=CC1=S. The molecule has 0 spiro atoms. The van der Waals surface area contributed by atoms with Crippen LogP contribution < -0.4 is 0 Å². The second-order valence-corrected chi connectivity index (χ2v) is 5.68. The lowest BCUT2D eigenvalue weighted by molar-refractivity contribution is 0.204. The van der Waals surface area contributed by atoms with Gasteiger partial charge in [0, 0.05) is 4.86 Å². The summed E-state index contributed by atoms with van der Waals surface area (Å²) < 4.78 is 16.7. The van der Waals surface area contributed by atoms with Crippen LogP contribution in [0.25, 0.3) is 0 Å². The lowest BCUT2D eigenvalue weighted by Gasteiger charge is -2.22. The summed E-state index contributed by atoms with van der Waals surface area (Å²) in [6, 6.07) is 0. The molecule has 0 bridgehead atoms. The van der Waals surface area contributed by atoms with Crippen molar-refractivity contribution in [2.24, 2.45) is 0 Å². The minimum absolute atomic E-state index is 0.284. The maximum atomic E-state index is 11.8.